The quantitative estimate of drug-likeness (QED) is 0.877. The van der Waals surface area contributed by atoms with E-state index in [4.69, 9.17) is 0 Å². The second-order valence-electron chi connectivity index (χ2n) is 4.47. The van der Waals surface area contributed by atoms with Gasteiger partial charge in [-0.1, -0.05) is 18.2 Å². The average molecular weight is 248 g/mol. The minimum absolute atomic E-state index is 0.0245. The summed E-state index contributed by atoms with van der Waals surface area (Å²) in [7, 11) is 1.78. The van der Waals surface area contributed by atoms with Crippen LogP contribution in [0.25, 0.3) is 10.1 Å². The molecule has 0 fully saturated rings. The lowest BCUT2D eigenvalue weighted by molar-refractivity contribution is -0.121. The lowest BCUT2D eigenvalue weighted by atomic mass is 10.1. The van der Waals surface area contributed by atoms with Crippen LogP contribution in [0.2, 0.25) is 0 Å². The van der Waals surface area contributed by atoms with Crippen molar-refractivity contribution in [1.29, 1.82) is 0 Å². The Labute approximate surface area is 105 Å². The molecule has 0 aliphatic rings. The SMILES string of the molecule is CNC(C)(C)C(=O)Nc1csc2ccccc12. The van der Waals surface area contributed by atoms with Gasteiger partial charge in [0.05, 0.1) is 11.2 Å². The van der Waals surface area contributed by atoms with Gasteiger partial charge < -0.3 is 10.6 Å². The summed E-state index contributed by atoms with van der Waals surface area (Å²) in [6.07, 6.45) is 0. The van der Waals surface area contributed by atoms with E-state index >= 15 is 0 Å². The number of anilines is 1. The Hall–Kier alpha value is -1.39. The molecular weight excluding hydrogens is 232 g/mol. The molecule has 0 atom stereocenters. The van der Waals surface area contributed by atoms with Crippen LogP contribution in [0, 0.1) is 0 Å². The first-order valence-electron chi connectivity index (χ1n) is 5.51. The van der Waals surface area contributed by atoms with Crippen molar-refractivity contribution in [3.63, 3.8) is 0 Å². The molecule has 0 saturated heterocycles. The van der Waals surface area contributed by atoms with Crippen molar-refractivity contribution in [2.24, 2.45) is 0 Å². The van der Waals surface area contributed by atoms with Gasteiger partial charge in [-0.15, -0.1) is 11.3 Å². The van der Waals surface area contributed by atoms with Gasteiger partial charge in [0.2, 0.25) is 5.91 Å². The van der Waals surface area contributed by atoms with E-state index in [0.717, 1.165) is 11.1 Å². The van der Waals surface area contributed by atoms with E-state index < -0.39 is 5.54 Å². The highest BCUT2D eigenvalue weighted by Crippen LogP contribution is 2.30. The second-order valence-corrected chi connectivity index (χ2v) is 5.39. The van der Waals surface area contributed by atoms with Crippen molar-refractivity contribution < 1.29 is 4.79 Å². The van der Waals surface area contributed by atoms with Crippen LogP contribution in [0.5, 0.6) is 0 Å². The summed E-state index contributed by atoms with van der Waals surface area (Å²) in [6, 6.07) is 8.06. The van der Waals surface area contributed by atoms with E-state index in [1.165, 1.54) is 4.70 Å². The van der Waals surface area contributed by atoms with E-state index in [0.29, 0.717) is 0 Å². The van der Waals surface area contributed by atoms with Crippen molar-refractivity contribution in [3.05, 3.63) is 29.6 Å². The molecule has 0 aliphatic carbocycles. The summed E-state index contributed by atoms with van der Waals surface area (Å²) in [6.45, 7) is 3.72. The number of rotatable bonds is 3. The van der Waals surface area contributed by atoms with Crippen LogP contribution < -0.4 is 10.6 Å². The predicted molar refractivity (Wildman–Crippen MR) is 73.6 cm³/mol. The summed E-state index contributed by atoms with van der Waals surface area (Å²) in [5.41, 5.74) is 0.321. The van der Waals surface area contributed by atoms with E-state index in [-0.39, 0.29) is 5.91 Å². The fraction of sp³-hybridized carbons (Fsp3) is 0.308. The lowest BCUT2D eigenvalue weighted by Gasteiger charge is -2.22. The normalized spacial score (nSPS) is 11.7. The van der Waals surface area contributed by atoms with Crippen LogP contribution in [0.3, 0.4) is 0 Å². The average Bonchev–Trinajstić information content (AvgIpc) is 2.73. The number of hydrogen-bond acceptors (Lipinski definition) is 3. The molecule has 2 N–H and O–H groups in total. The molecule has 0 bridgehead atoms. The van der Waals surface area contributed by atoms with Crippen LogP contribution >= 0.6 is 11.3 Å². The molecule has 0 saturated carbocycles. The van der Waals surface area contributed by atoms with E-state index in [1.807, 2.05) is 37.4 Å². The largest absolute Gasteiger partial charge is 0.323 e. The van der Waals surface area contributed by atoms with Crippen molar-refractivity contribution in [3.8, 4) is 0 Å². The van der Waals surface area contributed by atoms with Gasteiger partial charge in [0.25, 0.3) is 0 Å². The predicted octanol–water partition coefficient (Wildman–Crippen LogP) is 2.84. The molecule has 1 aromatic heterocycles. The van der Waals surface area contributed by atoms with Crippen LogP contribution in [-0.4, -0.2) is 18.5 Å². The molecule has 1 amide bonds. The Morgan fingerprint density at radius 3 is 2.71 bits per heavy atom. The molecule has 1 heterocycles. The Kier molecular flexibility index (Phi) is 3.17. The van der Waals surface area contributed by atoms with Crippen molar-refractivity contribution in [1.82, 2.24) is 5.32 Å². The summed E-state index contributed by atoms with van der Waals surface area (Å²) >= 11 is 1.64. The fourth-order valence-electron chi connectivity index (χ4n) is 1.47. The van der Waals surface area contributed by atoms with Crippen LogP contribution in [0.4, 0.5) is 5.69 Å². The number of thiophene rings is 1. The van der Waals surface area contributed by atoms with Crippen LogP contribution in [0.1, 0.15) is 13.8 Å². The van der Waals surface area contributed by atoms with Crippen LogP contribution in [-0.2, 0) is 4.79 Å². The maximum Gasteiger partial charge on any atom is 0.244 e. The zero-order chi connectivity index (χ0) is 12.5. The highest BCUT2D eigenvalue weighted by atomic mass is 32.1. The maximum atomic E-state index is 12.0. The Morgan fingerprint density at radius 1 is 1.29 bits per heavy atom. The van der Waals surface area contributed by atoms with Gasteiger partial charge in [-0.25, -0.2) is 0 Å². The number of nitrogens with one attached hydrogen (secondary N) is 2. The molecule has 2 aromatic rings. The zero-order valence-corrected chi connectivity index (χ0v) is 11.0. The first-order chi connectivity index (χ1) is 8.04. The zero-order valence-electron chi connectivity index (χ0n) is 10.2. The topological polar surface area (TPSA) is 41.1 Å². The molecule has 0 unspecified atom stereocenters. The molecule has 3 nitrogen and oxygen atoms in total. The Morgan fingerprint density at radius 2 is 2.00 bits per heavy atom. The standard InChI is InChI=1S/C13H16N2OS/c1-13(2,14-3)12(16)15-10-8-17-11-7-5-4-6-9(10)11/h4-8,14H,1-3H3,(H,15,16). The number of hydrogen-bond donors (Lipinski definition) is 2. The number of carbonyl (C=O) groups excluding carboxylic acids is 1. The highest BCUT2D eigenvalue weighted by Gasteiger charge is 2.25. The third-order valence-corrected chi connectivity index (χ3v) is 3.89. The second kappa shape index (κ2) is 4.47. The molecule has 90 valence electrons. The fourth-order valence-corrected chi connectivity index (χ4v) is 2.36. The van der Waals surface area contributed by atoms with Crippen molar-refractivity contribution in [2.45, 2.75) is 19.4 Å². The number of amides is 1. The summed E-state index contributed by atoms with van der Waals surface area (Å²) in [5.74, 6) is -0.0245. The molecule has 0 aliphatic heterocycles. The molecule has 2 rings (SSSR count). The number of fused-ring (bicyclic) bond motifs is 1. The molecule has 0 radical (unpaired) electrons. The minimum Gasteiger partial charge on any atom is -0.323 e. The first-order valence-corrected chi connectivity index (χ1v) is 6.39. The van der Waals surface area contributed by atoms with Crippen LogP contribution in [0.15, 0.2) is 29.6 Å². The monoisotopic (exact) mass is 248 g/mol. The Balaban J connectivity index is 2.28. The van der Waals surface area contributed by atoms with Gasteiger partial charge in [0.1, 0.15) is 0 Å². The lowest BCUT2D eigenvalue weighted by Crippen LogP contribution is -2.47. The van der Waals surface area contributed by atoms with Gasteiger partial charge in [-0.3, -0.25) is 4.79 Å². The summed E-state index contributed by atoms with van der Waals surface area (Å²) < 4.78 is 1.19. The molecule has 4 heteroatoms. The highest BCUT2D eigenvalue weighted by molar-refractivity contribution is 7.17. The Bertz CT molecular complexity index is 545. The van der Waals surface area contributed by atoms with Crippen molar-refractivity contribution >= 4 is 33.0 Å². The van der Waals surface area contributed by atoms with Gasteiger partial charge >= 0.3 is 0 Å². The summed E-state index contributed by atoms with van der Waals surface area (Å²) in [4.78, 5) is 12.0. The first kappa shape index (κ1) is 12.1. The molecule has 17 heavy (non-hydrogen) atoms. The molecular formula is C13H16N2OS. The van der Waals surface area contributed by atoms with Gasteiger partial charge in [-0.2, -0.15) is 0 Å². The molecule has 0 spiro atoms. The number of carbonyl (C=O) groups is 1. The smallest absolute Gasteiger partial charge is 0.244 e. The third kappa shape index (κ3) is 2.33. The van der Waals surface area contributed by atoms with Gasteiger partial charge in [0, 0.05) is 15.5 Å². The number of likely N-dealkylation sites (N-methyl/N-ethyl adjacent to an activating group) is 1. The number of benzene rings is 1. The maximum absolute atomic E-state index is 12.0. The van der Waals surface area contributed by atoms with Crippen molar-refractivity contribution in [2.75, 3.05) is 12.4 Å². The molecule has 1 aromatic carbocycles. The van der Waals surface area contributed by atoms with E-state index in [9.17, 15) is 4.79 Å². The van der Waals surface area contributed by atoms with E-state index in [2.05, 4.69) is 16.7 Å². The van der Waals surface area contributed by atoms with E-state index in [1.54, 1.807) is 18.4 Å². The van der Waals surface area contributed by atoms with Gasteiger partial charge in [-0.05, 0) is 27.0 Å². The third-order valence-electron chi connectivity index (χ3n) is 2.92. The van der Waals surface area contributed by atoms with Gasteiger partial charge in [0.15, 0.2) is 0 Å². The summed E-state index contributed by atoms with van der Waals surface area (Å²) in [5, 5.41) is 9.03. The minimum atomic E-state index is -0.566.